The number of amides is 1. The number of methoxy groups -OCH3 is 2. The lowest BCUT2D eigenvalue weighted by molar-refractivity contribution is 0.0937. The van der Waals surface area contributed by atoms with Crippen molar-refractivity contribution in [3.63, 3.8) is 0 Å². The van der Waals surface area contributed by atoms with E-state index < -0.39 is 6.04 Å². The van der Waals surface area contributed by atoms with Crippen LogP contribution in [0.15, 0.2) is 66.7 Å². The number of halogens is 1. The van der Waals surface area contributed by atoms with Gasteiger partial charge in [0.2, 0.25) is 0 Å². The number of imidazole rings is 1. The van der Waals surface area contributed by atoms with Crippen molar-refractivity contribution in [2.75, 3.05) is 14.2 Å². The van der Waals surface area contributed by atoms with Crippen molar-refractivity contribution in [3.05, 3.63) is 88.7 Å². The van der Waals surface area contributed by atoms with Crippen molar-refractivity contribution in [1.29, 1.82) is 0 Å². The second kappa shape index (κ2) is 9.97. The highest BCUT2D eigenvalue weighted by Crippen LogP contribution is 2.28. The van der Waals surface area contributed by atoms with E-state index in [0.717, 1.165) is 11.0 Å². The van der Waals surface area contributed by atoms with Crippen molar-refractivity contribution in [1.82, 2.24) is 14.9 Å². The van der Waals surface area contributed by atoms with E-state index >= 15 is 0 Å². The van der Waals surface area contributed by atoms with Gasteiger partial charge >= 0.3 is 0 Å². The number of hydrogen-bond donors (Lipinski definition) is 1. The van der Waals surface area contributed by atoms with Crippen LogP contribution >= 0.6 is 11.6 Å². The fraction of sp³-hybridized carbons (Fsp3) is 0.192. The summed E-state index contributed by atoms with van der Waals surface area (Å²) in [5, 5.41) is 3.54. The van der Waals surface area contributed by atoms with E-state index in [9.17, 15) is 9.59 Å². The van der Waals surface area contributed by atoms with Crippen LogP contribution in [-0.2, 0) is 6.54 Å². The van der Waals surface area contributed by atoms with Gasteiger partial charge in [0, 0.05) is 16.1 Å². The SMILES string of the molecule is COc1ccc(C(=O)NC(C)c2nc3ccccc3n2CC(=O)c2ccc(Cl)cc2)cc1OC. The van der Waals surface area contributed by atoms with Gasteiger partial charge in [0.1, 0.15) is 5.82 Å². The second-order valence-electron chi connectivity index (χ2n) is 7.74. The van der Waals surface area contributed by atoms with Gasteiger partial charge in [-0.1, -0.05) is 23.7 Å². The van der Waals surface area contributed by atoms with Crippen molar-refractivity contribution < 1.29 is 19.1 Å². The average molecular weight is 478 g/mol. The molecule has 8 heteroatoms. The number of para-hydroxylation sites is 2. The molecule has 1 N–H and O–H groups in total. The van der Waals surface area contributed by atoms with Crippen LogP contribution in [0.2, 0.25) is 5.02 Å². The van der Waals surface area contributed by atoms with Gasteiger partial charge in [-0.3, -0.25) is 9.59 Å². The summed E-state index contributed by atoms with van der Waals surface area (Å²) in [6, 6.07) is 18.8. The van der Waals surface area contributed by atoms with Crippen LogP contribution in [0.5, 0.6) is 11.5 Å². The van der Waals surface area contributed by atoms with Gasteiger partial charge in [-0.15, -0.1) is 0 Å². The fourth-order valence-corrected chi connectivity index (χ4v) is 3.91. The minimum atomic E-state index is -0.467. The molecule has 0 aliphatic rings. The molecule has 0 fully saturated rings. The Hall–Kier alpha value is -3.84. The van der Waals surface area contributed by atoms with E-state index in [1.807, 2.05) is 35.8 Å². The summed E-state index contributed by atoms with van der Waals surface area (Å²) in [5.74, 6) is 1.20. The fourth-order valence-electron chi connectivity index (χ4n) is 3.78. The van der Waals surface area contributed by atoms with E-state index in [0.29, 0.717) is 33.5 Å². The number of ether oxygens (including phenoxy) is 2. The van der Waals surface area contributed by atoms with Crippen LogP contribution in [-0.4, -0.2) is 35.5 Å². The molecule has 0 saturated carbocycles. The standard InChI is InChI=1S/C26H24ClN3O4/c1-16(28-26(32)18-10-13-23(33-2)24(14-18)34-3)25-29-20-6-4-5-7-21(20)30(25)15-22(31)17-8-11-19(27)12-9-17/h4-14,16H,15H2,1-3H3,(H,28,32). The number of carbonyl (C=O) groups excluding carboxylic acids is 2. The third-order valence-corrected chi connectivity index (χ3v) is 5.78. The molecule has 3 aromatic carbocycles. The third kappa shape index (κ3) is 4.75. The first-order chi connectivity index (χ1) is 16.4. The number of hydrogen-bond acceptors (Lipinski definition) is 5. The predicted octanol–water partition coefficient (Wildman–Crippen LogP) is 5.08. The number of rotatable bonds is 8. The Morgan fingerprint density at radius 1 is 0.971 bits per heavy atom. The number of nitrogens with zero attached hydrogens (tertiary/aromatic N) is 2. The van der Waals surface area contributed by atoms with Crippen molar-refractivity contribution in [2.24, 2.45) is 0 Å². The van der Waals surface area contributed by atoms with Crippen LogP contribution in [0.25, 0.3) is 11.0 Å². The van der Waals surface area contributed by atoms with Crippen LogP contribution in [0, 0.1) is 0 Å². The summed E-state index contributed by atoms with van der Waals surface area (Å²) in [7, 11) is 3.05. The highest BCUT2D eigenvalue weighted by atomic mass is 35.5. The molecule has 1 unspecified atom stereocenters. The number of fused-ring (bicyclic) bond motifs is 1. The smallest absolute Gasteiger partial charge is 0.251 e. The van der Waals surface area contributed by atoms with E-state index in [1.165, 1.54) is 14.2 Å². The van der Waals surface area contributed by atoms with Crippen LogP contribution < -0.4 is 14.8 Å². The molecule has 0 radical (unpaired) electrons. The molecule has 4 rings (SSSR count). The summed E-state index contributed by atoms with van der Waals surface area (Å²) >= 11 is 5.96. The minimum absolute atomic E-state index is 0.0774. The first-order valence-corrected chi connectivity index (χ1v) is 11.1. The van der Waals surface area contributed by atoms with Gasteiger partial charge < -0.3 is 19.4 Å². The predicted molar refractivity (Wildman–Crippen MR) is 131 cm³/mol. The largest absolute Gasteiger partial charge is 0.493 e. The molecular formula is C26H24ClN3O4. The van der Waals surface area contributed by atoms with E-state index in [1.54, 1.807) is 42.5 Å². The molecule has 0 bridgehead atoms. The van der Waals surface area contributed by atoms with E-state index in [4.69, 9.17) is 26.1 Å². The first-order valence-electron chi connectivity index (χ1n) is 10.7. The Balaban J connectivity index is 1.62. The normalized spacial score (nSPS) is 11.8. The average Bonchev–Trinajstić information content (AvgIpc) is 3.22. The van der Waals surface area contributed by atoms with E-state index in [-0.39, 0.29) is 18.2 Å². The Morgan fingerprint density at radius 2 is 1.65 bits per heavy atom. The van der Waals surface area contributed by atoms with Gasteiger partial charge in [0.15, 0.2) is 17.3 Å². The maximum atomic E-state index is 13.0. The molecule has 1 heterocycles. The molecule has 1 atom stereocenters. The Bertz CT molecular complexity index is 1350. The number of Topliss-reactive ketones (excluding diaryl/α,β-unsaturated/α-hetero) is 1. The summed E-state index contributed by atoms with van der Waals surface area (Å²) in [6.07, 6.45) is 0. The van der Waals surface area contributed by atoms with Gasteiger partial charge in [0.05, 0.1) is 37.8 Å². The quantitative estimate of drug-likeness (QED) is 0.358. The molecule has 0 aliphatic heterocycles. The Kier molecular flexibility index (Phi) is 6.84. The second-order valence-corrected chi connectivity index (χ2v) is 8.18. The summed E-state index contributed by atoms with van der Waals surface area (Å²) < 4.78 is 12.4. The maximum Gasteiger partial charge on any atom is 0.251 e. The zero-order valence-electron chi connectivity index (χ0n) is 19.0. The number of aromatic nitrogens is 2. The molecule has 174 valence electrons. The van der Waals surface area contributed by atoms with Gasteiger partial charge in [0.25, 0.3) is 5.91 Å². The summed E-state index contributed by atoms with van der Waals surface area (Å²) in [6.45, 7) is 1.91. The number of carbonyl (C=O) groups is 2. The highest BCUT2D eigenvalue weighted by Gasteiger charge is 2.21. The van der Waals surface area contributed by atoms with Crippen LogP contribution in [0.4, 0.5) is 0 Å². The van der Waals surface area contributed by atoms with Gasteiger partial charge in [-0.05, 0) is 61.5 Å². The van der Waals surface area contributed by atoms with Crippen molar-refractivity contribution in [2.45, 2.75) is 19.5 Å². The lowest BCUT2D eigenvalue weighted by atomic mass is 10.1. The number of nitrogens with one attached hydrogen (secondary N) is 1. The molecular weight excluding hydrogens is 454 g/mol. The Morgan fingerprint density at radius 3 is 2.35 bits per heavy atom. The molecule has 4 aromatic rings. The monoisotopic (exact) mass is 477 g/mol. The van der Waals surface area contributed by atoms with Crippen molar-refractivity contribution >= 4 is 34.3 Å². The van der Waals surface area contributed by atoms with Crippen LogP contribution in [0.1, 0.15) is 39.5 Å². The molecule has 34 heavy (non-hydrogen) atoms. The van der Waals surface area contributed by atoms with Gasteiger partial charge in [-0.25, -0.2) is 4.98 Å². The van der Waals surface area contributed by atoms with Crippen molar-refractivity contribution in [3.8, 4) is 11.5 Å². The molecule has 0 saturated heterocycles. The molecule has 7 nitrogen and oxygen atoms in total. The number of benzene rings is 3. The summed E-state index contributed by atoms with van der Waals surface area (Å²) in [5.41, 5.74) is 2.53. The zero-order valence-corrected chi connectivity index (χ0v) is 19.8. The van der Waals surface area contributed by atoms with E-state index in [2.05, 4.69) is 5.32 Å². The zero-order chi connectivity index (χ0) is 24.2. The molecule has 0 aliphatic carbocycles. The first kappa shape index (κ1) is 23.3. The highest BCUT2D eigenvalue weighted by molar-refractivity contribution is 6.30. The lowest BCUT2D eigenvalue weighted by Gasteiger charge is -2.17. The summed E-state index contributed by atoms with van der Waals surface area (Å²) in [4.78, 5) is 30.7. The topological polar surface area (TPSA) is 82.5 Å². The third-order valence-electron chi connectivity index (χ3n) is 5.53. The Labute approximate surface area is 202 Å². The maximum absolute atomic E-state index is 13.0. The van der Waals surface area contributed by atoms with Gasteiger partial charge in [-0.2, -0.15) is 0 Å². The number of ketones is 1. The van der Waals surface area contributed by atoms with Crippen LogP contribution in [0.3, 0.4) is 0 Å². The molecule has 1 amide bonds. The lowest BCUT2D eigenvalue weighted by Crippen LogP contribution is -2.29. The molecule has 1 aromatic heterocycles. The minimum Gasteiger partial charge on any atom is -0.493 e. The molecule has 0 spiro atoms.